The summed E-state index contributed by atoms with van der Waals surface area (Å²) in [6, 6.07) is 14.7. The van der Waals surface area contributed by atoms with E-state index in [2.05, 4.69) is 10.6 Å². The van der Waals surface area contributed by atoms with E-state index in [9.17, 15) is 19.2 Å². The van der Waals surface area contributed by atoms with Gasteiger partial charge in [0.2, 0.25) is 11.8 Å². The number of carbonyl (C=O) groups excluding carboxylic acids is 4. The van der Waals surface area contributed by atoms with E-state index < -0.39 is 0 Å². The van der Waals surface area contributed by atoms with Gasteiger partial charge in [-0.05, 0) is 24.3 Å². The van der Waals surface area contributed by atoms with Crippen LogP contribution in [0, 0.1) is 0 Å². The van der Waals surface area contributed by atoms with Gasteiger partial charge in [-0.3, -0.25) is 29.0 Å². The SMILES string of the molecule is COc1ccccc1C=C1SC(=S)N(CCC(=O)NCCNC(=O)CCN2C(=O)C(=Cc3ccccc3OC)SC2=S)C1=O. The quantitative estimate of drug-likeness (QED) is 0.185. The lowest BCUT2D eigenvalue weighted by Crippen LogP contribution is -2.38. The van der Waals surface area contributed by atoms with Gasteiger partial charge < -0.3 is 20.1 Å². The molecule has 2 aliphatic heterocycles. The number of thioether (sulfide) groups is 2. The first-order valence-electron chi connectivity index (χ1n) is 13.5. The predicted octanol–water partition coefficient (Wildman–Crippen LogP) is 3.82. The smallest absolute Gasteiger partial charge is 0.266 e. The monoisotopic (exact) mass is 670 g/mol. The molecule has 0 aliphatic carbocycles. The Bertz CT molecular complexity index is 1430. The molecular formula is C30H30N4O6S4. The van der Waals surface area contributed by atoms with E-state index in [1.54, 1.807) is 38.5 Å². The van der Waals surface area contributed by atoms with Crippen molar-refractivity contribution >= 4 is 92.4 Å². The zero-order valence-corrected chi connectivity index (χ0v) is 27.3. The minimum Gasteiger partial charge on any atom is -0.496 e. The Labute approximate surface area is 274 Å². The Morgan fingerprint density at radius 3 is 1.50 bits per heavy atom. The molecule has 0 radical (unpaired) electrons. The molecule has 2 fully saturated rings. The molecule has 0 bridgehead atoms. The Kier molecular flexibility index (Phi) is 11.9. The number of nitrogens with one attached hydrogen (secondary N) is 2. The van der Waals surface area contributed by atoms with Gasteiger partial charge in [-0.2, -0.15) is 0 Å². The second-order valence-electron chi connectivity index (χ2n) is 9.35. The third-order valence-electron chi connectivity index (χ3n) is 6.49. The first-order valence-corrected chi connectivity index (χ1v) is 16.0. The number of methoxy groups -OCH3 is 2. The van der Waals surface area contributed by atoms with E-state index in [-0.39, 0.29) is 62.6 Å². The summed E-state index contributed by atoms with van der Waals surface area (Å²) >= 11 is 13.1. The van der Waals surface area contributed by atoms with Crippen molar-refractivity contribution in [2.45, 2.75) is 12.8 Å². The van der Waals surface area contributed by atoms with Crippen LogP contribution in [0.4, 0.5) is 0 Å². The number of ether oxygens (including phenoxy) is 2. The summed E-state index contributed by atoms with van der Waals surface area (Å²) in [5.41, 5.74) is 1.52. The Balaban J connectivity index is 1.16. The number of amides is 4. The average Bonchev–Trinajstić information content (AvgIpc) is 3.44. The van der Waals surface area contributed by atoms with Crippen molar-refractivity contribution in [2.75, 3.05) is 40.4 Å². The zero-order valence-electron chi connectivity index (χ0n) is 24.0. The lowest BCUT2D eigenvalue weighted by Gasteiger charge is -2.15. The fourth-order valence-corrected chi connectivity index (χ4v) is 6.85. The van der Waals surface area contributed by atoms with E-state index >= 15 is 0 Å². The molecule has 44 heavy (non-hydrogen) atoms. The van der Waals surface area contributed by atoms with Crippen LogP contribution in [0.3, 0.4) is 0 Å². The van der Waals surface area contributed by atoms with Crippen LogP contribution >= 0.6 is 48.0 Å². The normalized spacial score (nSPS) is 16.7. The third-order valence-corrected chi connectivity index (χ3v) is 9.25. The molecule has 0 aromatic heterocycles. The number of para-hydroxylation sites is 2. The first-order chi connectivity index (χ1) is 21.2. The van der Waals surface area contributed by atoms with Gasteiger partial charge in [-0.1, -0.05) is 84.4 Å². The number of hydrogen-bond acceptors (Lipinski definition) is 10. The van der Waals surface area contributed by atoms with Crippen molar-refractivity contribution < 1.29 is 28.7 Å². The van der Waals surface area contributed by atoms with E-state index in [4.69, 9.17) is 33.9 Å². The van der Waals surface area contributed by atoms with E-state index in [0.717, 1.165) is 11.1 Å². The molecule has 230 valence electrons. The summed E-state index contributed by atoms with van der Waals surface area (Å²) in [6.07, 6.45) is 3.56. The summed E-state index contributed by atoms with van der Waals surface area (Å²) < 4.78 is 11.4. The number of hydrogen-bond donors (Lipinski definition) is 2. The molecule has 10 nitrogen and oxygen atoms in total. The van der Waals surface area contributed by atoms with Crippen LogP contribution in [0.1, 0.15) is 24.0 Å². The van der Waals surface area contributed by atoms with Gasteiger partial charge in [-0.15, -0.1) is 0 Å². The van der Waals surface area contributed by atoms with Gasteiger partial charge >= 0.3 is 0 Å². The molecule has 0 spiro atoms. The standard InChI is InChI=1S/C30H30N4O6S4/c1-39-21-9-5-3-7-19(21)17-23-27(37)33(29(41)43-23)15-11-25(35)31-13-14-32-26(36)12-16-34-28(38)24(44-30(34)42)18-20-8-4-6-10-22(20)40-2/h3-10,17-18H,11-16H2,1-2H3,(H,31,35)(H,32,36). The van der Waals surface area contributed by atoms with Gasteiger partial charge in [-0.25, -0.2) is 0 Å². The molecule has 2 aromatic rings. The predicted molar refractivity (Wildman–Crippen MR) is 181 cm³/mol. The minimum absolute atomic E-state index is 0.0548. The molecule has 0 unspecified atom stereocenters. The molecule has 14 heteroatoms. The highest BCUT2D eigenvalue weighted by atomic mass is 32.2. The van der Waals surface area contributed by atoms with Gasteiger partial charge in [0.05, 0.1) is 24.0 Å². The summed E-state index contributed by atoms with van der Waals surface area (Å²) in [5, 5.41) is 5.46. The Morgan fingerprint density at radius 1 is 0.727 bits per heavy atom. The molecule has 2 saturated heterocycles. The zero-order chi connectivity index (χ0) is 31.6. The van der Waals surface area contributed by atoms with Gasteiger partial charge in [0.1, 0.15) is 20.1 Å². The fraction of sp³-hybridized carbons (Fsp3) is 0.267. The highest BCUT2D eigenvalue weighted by Gasteiger charge is 2.33. The number of nitrogens with zero attached hydrogens (tertiary/aromatic N) is 2. The lowest BCUT2D eigenvalue weighted by molar-refractivity contribution is -0.126. The number of benzene rings is 2. The molecule has 2 aliphatic rings. The van der Waals surface area contributed by atoms with Crippen LogP contribution in [0.15, 0.2) is 58.3 Å². The average molecular weight is 671 g/mol. The number of rotatable bonds is 13. The molecule has 2 aromatic carbocycles. The summed E-state index contributed by atoms with van der Waals surface area (Å²) in [4.78, 5) is 54.2. The summed E-state index contributed by atoms with van der Waals surface area (Å²) in [6.45, 7) is 0.696. The van der Waals surface area contributed by atoms with Gasteiger partial charge in [0, 0.05) is 50.1 Å². The Morgan fingerprint density at radius 2 is 1.11 bits per heavy atom. The largest absolute Gasteiger partial charge is 0.496 e. The van der Waals surface area contributed by atoms with Crippen molar-refractivity contribution in [2.24, 2.45) is 0 Å². The van der Waals surface area contributed by atoms with Crippen molar-refractivity contribution in [1.29, 1.82) is 0 Å². The molecule has 0 saturated carbocycles. The van der Waals surface area contributed by atoms with Crippen molar-refractivity contribution in [3.63, 3.8) is 0 Å². The van der Waals surface area contributed by atoms with E-state index in [1.165, 1.54) is 33.3 Å². The fourth-order valence-electron chi connectivity index (χ4n) is 4.25. The van der Waals surface area contributed by atoms with Gasteiger partial charge in [0.15, 0.2) is 0 Å². The number of thiocarbonyl (C=S) groups is 2. The Hall–Kier alpha value is -3.72. The molecule has 2 heterocycles. The van der Waals surface area contributed by atoms with Crippen molar-refractivity contribution in [3.8, 4) is 11.5 Å². The van der Waals surface area contributed by atoms with Crippen LogP contribution in [0.25, 0.3) is 12.2 Å². The van der Waals surface area contributed by atoms with Crippen LogP contribution < -0.4 is 20.1 Å². The second kappa shape index (κ2) is 15.8. The maximum atomic E-state index is 12.9. The van der Waals surface area contributed by atoms with E-state index in [0.29, 0.717) is 30.0 Å². The first kappa shape index (κ1) is 33.2. The van der Waals surface area contributed by atoms with Crippen LogP contribution in [-0.2, 0) is 19.2 Å². The topological polar surface area (TPSA) is 117 Å². The molecule has 0 atom stereocenters. The summed E-state index contributed by atoms with van der Waals surface area (Å²) in [7, 11) is 3.12. The number of carbonyl (C=O) groups is 4. The van der Waals surface area contributed by atoms with E-state index in [1.807, 2.05) is 36.4 Å². The second-order valence-corrected chi connectivity index (χ2v) is 12.7. The van der Waals surface area contributed by atoms with Crippen molar-refractivity contribution in [1.82, 2.24) is 20.4 Å². The highest BCUT2D eigenvalue weighted by Crippen LogP contribution is 2.35. The van der Waals surface area contributed by atoms with Crippen LogP contribution in [-0.4, -0.2) is 82.5 Å². The summed E-state index contributed by atoms with van der Waals surface area (Å²) in [5.74, 6) is 0.207. The highest BCUT2D eigenvalue weighted by molar-refractivity contribution is 8.27. The van der Waals surface area contributed by atoms with Gasteiger partial charge in [0.25, 0.3) is 11.8 Å². The lowest BCUT2D eigenvalue weighted by atomic mass is 10.2. The van der Waals surface area contributed by atoms with Crippen LogP contribution in [0.2, 0.25) is 0 Å². The molecule has 4 rings (SSSR count). The van der Waals surface area contributed by atoms with Crippen LogP contribution in [0.5, 0.6) is 11.5 Å². The molecule has 4 amide bonds. The molecule has 2 N–H and O–H groups in total. The maximum Gasteiger partial charge on any atom is 0.266 e. The maximum absolute atomic E-state index is 12.9. The minimum atomic E-state index is -0.276. The molecular weight excluding hydrogens is 641 g/mol. The third kappa shape index (κ3) is 8.46. The van der Waals surface area contributed by atoms with Crippen molar-refractivity contribution in [3.05, 3.63) is 69.5 Å².